The van der Waals surface area contributed by atoms with E-state index in [2.05, 4.69) is 20.1 Å². The summed E-state index contributed by atoms with van der Waals surface area (Å²) in [6, 6.07) is 12.5. The highest BCUT2D eigenvalue weighted by Gasteiger charge is 2.15. The number of benzene rings is 2. The van der Waals surface area contributed by atoms with E-state index in [0.717, 1.165) is 5.69 Å². The van der Waals surface area contributed by atoms with Crippen LogP contribution in [0.4, 0.5) is 21.6 Å². The SMILES string of the molecule is [C-]#[N+]c1ccc(Nc2ncnc(Oc3ccc(F)cc3)c2OC)cc1. The van der Waals surface area contributed by atoms with Gasteiger partial charge in [0, 0.05) is 5.69 Å². The fourth-order valence-corrected chi connectivity index (χ4v) is 2.07. The molecule has 0 aliphatic carbocycles. The molecule has 6 nitrogen and oxygen atoms in total. The molecular formula is C18H13FN4O2. The zero-order valence-corrected chi connectivity index (χ0v) is 13.2. The van der Waals surface area contributed by atoms with Crippen molar-refractivity contribution in [1.29, 1.82) is 0 Å². The maximum atomic E-state index is 13.0. The molecule has 1 aromatic heterocycles. The molecule has 1 heterocycles. The van der Waals surface area contributed by atoms with Crippen molar-refractivity contribution in [1.82, 2.24) is 9.97 Å². The monoisotopic (exact) mass is 336 g/mol. The van der Waals surface area contributed by atoms with Crippen LogP contribution in [0, 0.1) is 12.4 Å². The largest absolute Gasteiger partial charge is 0.489 e. The first-order valence-corrected chi connectivity index (χ1v) is 7.26. The standard InChI is InChI=1S/C18H13FN4O2/c1-20-13-5-7-14(8-6-13)23-17-16(24-2)18(22-11-21-17)25-15-9-3-12(19)4-10-15/h3-11H,2H3,(H,21,22,23). The van der Waals surface area contributed by atoms with Crippen LogP contribution < -0.4 is 14.8 Å². The minimum atomic E-state index is -0.354. The summed E-state index contributed by atoms with van der Waals surface area (Å²) in [6.45, 7) is 6.97. The quantitative estimate of drug-likeness (QED) is 0.684. The van der Waals surface area contributed by atoms with Crippen LogP contribution in [0.15, 0.2) is 54.9 Å². The van der Waals surface area contributed by atoms with Crippen molar-refractivity contribution < 1.29 is 13.9 Å². The van der Waals surface area contributed by atoms with Crippen LogP contribution >= 0.6 is 0 Å². The van der Waals surface area contributed by atoms with E-state index in [9.17, 15) is 4.39 Å². The van der Waals surface area contributed by atoms with Crippen LogP contribution in [0.3, 0.4) is 0 Å². The third kappa shape index (κ3) is 3.82. The third-order valence-corrected chi connectivity index (χ3v) is 3.26. The summed E-state index contributed by atoms with van der Waals surface area (Å²) >= 11 is 0. The lowest BCUT2D eigenvalue weighted by Gasteiger charge is -2.13. The molecule has 0 unspecified atom stereocenters. The van der Waals surface area contributed by atoms with Gasteiger partial charge in [0.05, 0.1) is 13.7 Å². The number of aromatic nitrogens is 2. The lowest BCUT2D eigenvalue weighted by atomic mass is 10.3. The number of hydrogen-bond acceptors (Lipinski definition) is 5. The molecule has 1 N–H and O–H groups in total. The van der Waals surface area contributed by atoms with E-state index < -0.39 is 0 Å². The van der Waals surface area contributed by atoms with Crippen LogP contribution in [0.2, 0.25) is 0 Å². The number of anilines is 2. The van der Waals surface area contributed by atoms with Crippen LogP contribution in [-0.2, 0) is 0 Å². The minimum Gasteiger partial charge on any atom is -0.489 e. The van der Waals surface area contributed by atoms with Gasteiger partial charge in [-0.25, -0.2) is 14.2 Å². The molecule has 3 rings (SSSR count). The van der Waals surface area contributed by atoms with Crippen LogP contribution in [-0.4, -0.2) is 17.1 Å². The number of nitrogens with zero attached hydrogens (tertiary/aromatic N) is 3. The van der Waals surface area contributed by atoms with E-state index in [0.29, 0.717) is 23.0 Å². The first-order valence-electron chi connectivity index (χ1n) is 7.26. The van der Waals surface area contributed by atoms with Crippen molar-refractivity contribution in [3.8, 4) is 17.4 Å². The normalized spacial score (nSPS) is 9.96. The van der Waals surface area contributed by atoms with Crippen molar-refractivity contribution in [2.45, 2.75) is 0 Å². The second-order valence-corrected chi connectivity index (χ2v) is 4.90. The summed E-state index contributed by atoms with van der Waals surface area (Å²) in [5, 5.41) is 3.09. The van der Waals surface area contributed by atoms with Crippen LogP contribution in [0.25, 0.3) is 4.85 Å². The van der Waals surface area contributed by atoms with Gasteiger partial charge in [-0.2, -0.15) is 4.98 Å². The molecule has 0 aliphatic rings. The van der Waals surface area contributed by atoms with E-state index in [4.69, 9.17) is 16.0 Å². The molecule has 0 saturated carbocycles. The maximum absolute atomic E-state index is 13.0. The third-order valence-electron chi connectivity index (χ3n) is 3.26. The van der Waals surface area contributed by atoms with Gasteiger partial charge in [-0.1, -0.05) is 12.1 Å². The summed E-state index contributed by atoms with van der Waals surface area (Å²) in [5.41, 5.74) is 1.28. The van der Waals surface area contributed by atoms with E-state index in [1.807, 2.05) is 0 Å². The second-order valence-electron chi connectivity index (χ2n) is 4.90. The van der Waals surface area contributed by atoms with Gasteiger partial charge in [0.25, 0.3) is 5.88 Å². The Balaban J connectivity index is 1.87. The topological polar surface area (TPSA) is 60.6 Å². The van der Waals surface area contributed by atoms with Gasteiger partial charge in [0.15, 0.2) is 11.5 Å². The van der Waals surface area contributed by atoms with Gasteiger partial charge in [-0.3, -0.25) is 0 Å². The maximum Gasteiger partial charge on any atom is 0.268 e. The molecule has 0 fully saturated rings. The number of methoxy groups -OCH3 is 1. The highest BCUT2D eigenvalue weighted by atomic mass is 19.1. The van der Waals surface area contributed by atoms with Crippen molar-refractivity contribution in [2.75, 3.05) is 12.4 Å². The van der Waals surface area contributed by atoms with Crippen molar-refractivity contribution in [3.05, 3.63) is 72.1 Å². The average molecular weight is 336 g/mol. The first kappa shape index (κ1) is 16.2. The smallest absolute Gasteiger partial charge is 0.268 e. The van der Waals surface area contributed by atoms with E-state index in [1.54, 1.807) is 24.3 Å². The van der Waals surface area contributed by atoms with E-state index in [-0.39, 0.29) is 11.7 Å². The zero-order valence-electron chi connectivity index (χ0n) is 13.2. The van der Waals surface area contributed by atoms with Gasteiger partial charge in [-0.15, -0.1) is 0 Å². The summed E-state index contributed by atoms with van der Waals surface area (Å²) < 4.78 is 24.0. The molecule has 0 radical (unpaired) electrons. The summed E-state index contributed by atoms with van der Waals surface area (Å²) in [4.78, 5) is 11.6. The Kier molecular flexibility index (Phi) is 4.72. The number of hydrogen-bond donors (Lipinski definition) is 1. The molecule has 2 aromatic carbocycles. The van der Waals surface area contributed by atoms with Crippen molar-refractivity contribution in [2.24, 2.45) is 0 Å². The van der Waals surface area contributed by atoms with Crippen LogP contribution in [0.1, 0.15) is 0 Å². The molecule has 0 amide bonds. The fourth-order valence-electron chi connectivity index (χ4n) is 2.07. The fraction of sp³-hybridized carbons (Fsp3) is 0.0556. The molecule has 124 valence electrons. The first-order chi connectivity index (χ1) is 12.2. The van der Waals surface area contributed by atoms with Crippen molar-refractivity contribution >= 4 is 17.2 Å². The minimum absolute atomic E-state index is 0.199. The molecule has 0 aliphatic heterocycles. The second kappa shape index (κ2) is 7.27. The van der Waals surface area contributed by atoms with Crippen LogP contribution in [0.5, 0.6) is 17.4 Å². The molecule has 7 heteroatoms. The summed E-state index contributed by atoms with van der Waals surface area (Å²) in [5.74, 6) is 0.980. The van der Waals surface area contributed by atoms with Gasteiger partial charge in [-0.05, 0) is 36.4 Å². The Hall–Kier alpha value is -3.66. The molecule has 0 atom stereocenters. The van der Waals surface area contributed by atoms with Gasteiger partial charge < -0.3 is 14.8 Å². The molecule has 0 spiro atoms. The molecule has 0 bridgehead atoms. The highest BCUT2D eigenvalue weighted by molar-refractivity contribution is 5.66. The predicted octanol–water partition coefficient (Wildman–Crippen LogP) is 4.71. The Morgan fingerprint density at radius 3 is 2.40 bits per heavy atom. The van der Waals surface area contributed by atoms with Gasteiger partial charge in [0.2, 0.25) is 5.75 Å². The molecular weight excluding hydrogens is 323 g/mol. The highest BCUT2D eigenvalue weighted by Crippen LogP contribution is 2.35. The zero-order chi connectivity index (χ0) is 17.6. The lowest BCUT2D eigenvalue weighted by molar-refractivity contribution is 0.369. The Morgan fingerprint density at radius 1 is 1.04 bits per heavy atom. The molecule has 0 saturated heterocycles. The number of halogens is 1. The molecule has 3 aromatic rings. The van der Waals surface area contributed by atoms with E-state index >= 15 is 0 Å². The van der Waals surface area contributed by atoms with Crippen molar-refractivity contribution in [3.63, 3.8) is 0 Å². The Bertz CT molecular complexity index is 906. The molecule has 25 heavy (non-hydrogen) atoms. The Morgan fingerprint density at radius 2 is 1.76 bits per heavy atom. The van der Waals surface area contributed by atoms with Gasteiger partial charge >= 0.3 is 0 Å². The van der Waals surface area contributed by atoms with Gasteiger partial charge in [0.1, 0.15) is 17.9 Å². The van der Waals surface area contributed by atoms with E-state index in [1.165, 1.54) is 37.7 Å². The lowest BCUT2D eigenvalue weighted by Crippen LogP contribution is -2.01. The Labute approximate surface area is 143 Å². The summed E-state index contributed by atoms with van der Waals surface area (Å²) in [7, 11) is 1.48. The number of ether oxygens (including phenoxy) is 2. The number of nitrogens with one attached hydrogen (secondary N) is 1. The average Bonchev–Trinajstić information content (AvgIpc) is 2.64. The number of rotatable bonds is 5. The predicted molar refractivity (Wildman–Crippen MR) is 91.0 cm³/mol. The summed E-state index contributed by atoms with van der Waals surface area (Å²) in [6.07, 6.45) is 1.33.